The Hall–Kier alpha value is -2.64. The molecule has 2 aromatic carbocycles. The van der Waals surface area contributed by atoms with E-state index in [0.717, 1.165) is 26.6 Å². The van der Waals surface area contributed by atoms with E-state index in [1.807, 2.05) is 6.07 Å². The fourth-order valence-electron chi connectivity index (χ4n) is 3.67. The van der Waals surface area contributed by atoms with Crippen LogP contribution >= 0.6 is 0 Å². The van der Waals surface area contributed by atoms with Crippen molar-refractivity contribution in [3.8, 4) is 22.8 Å². The van der Waals surface area contributed by atoms with Crippen LogP contribution in [0, 0.1) is 5.82 Å². The molecule has 2 N–H and O–H groups in total. The first-order valence-corrected chi connectivity index (χ1v) is 9.89. The van der Waals surface area contributed by atoms with E-state index in [1.54, 1.807) is 18.2 Å². The molecule has 3 aromatic rings. The van der Waals surface area contributed by atoms with E-state index in [2.05, 4.69) is 17.0 Å². The van der Waals surface area contributed by atoms with Crippen molar-refractivity contribution < 1.29 is 23.9 Å². The van der Waals surface area contributed by atoms with Gasteiger partial charge in [0.25, 0.3) is 0 Å². The number of fused-ring (bicyclic) bond motifs is 1. The molecule has 1 fully saturated rings. The van der Waals surface area contributed by atoms with Gasteiger partial charge < -0.3 is 19.5 Å². The Morgan fingerprint density at radius 1 is 1.13 bits per heavy atom. The van der Waals surface area contributed by atoms with Gasteiger partial charge in [0.05, 0.1) is 5.39 Å². The maximum atomic E-state index is 13.3. The van der Waals surface area contributed by atoms with E-state index in [4.69, 9.17) is 14.4 Å². The highest BCUT2D eigenvalue weighted by Crippen LogP contribution is 2.36. The molecule has 2 heterocycles. The molecule has 0 amide bonds. The number of aliphatic hydroxyl groups is 1. The monoisotopic (exact) mass is 418 g/mol. The minimum absolute atomic E-state index is 0. The number of piperidine rings is 1. The Morgan fingerprint density at radius 2 is 1.87 bits per heavy atom. The summed E-state index contributed by atoms with van der Waals surface area (Å²) in [6.07, 6.45) is 4.56. The number of likely N-dealkylation sites (tertiary alicyclic amines) is 1. The summed E-state index contributed by atoms with van der Waals surface area (Å²) in [4.78, 5) is 2.36. The number of aromatic nitrogens is 1. The highest BCUT2D eigenvalue weighted by Gasteiger charge is 2.21. The number of phenolic OH excluding ortho intramolecular Hbond substituents is 1. The molecule has 1 aliphatic rings. The molecule has 1 aliphatic heterocycles. The van der Waals surface area contributed by atoms with Crippen LogP contribution in [-0.4, -0.2) is 46.7 Å². The Bertz CT molecular complexity index is 938. The smallest absolute Gasteiger partial charge is 0.170 e. The number of ether oxygens (including phenoxy) is 1. The Morgan fingerprint density at radius 3 is 2.53 bits per heavy atom. The number of phenols is 1. The first kappa shape index (κ1) is 23.6. The van der Waals surface area contributed by atoms with Crippen molar-refractivity contribution in [2.75, 3.05) is 20.2 Å². The predicted octanol–water partition coefficient (Wildman–Crippen LogP) is 5.18. The number of aromatic hydroxyl groups is 1. The second-order valence-corrected chi connectivity index (χ2v) is 6.93. The first-order chi connectivity index (χ1) is 14.2. The molecule has 0 spiro atoms. The van der Waals surface area contributed by atoms with E-state index in [-0.39, 0.29) is 25.2 Å². The van der Waals surface area contributed by atoms with Crippen molar-refractivity contribution in [3.05, 3.63) is 42.2 Å². The number of hydrogen-bond donors (Lipinski definition) is 2. The molecular formula is C23H31FN2O4. The van der Waals surface area contributed by atoms with Crippen LogP contribution < -0.4 is 4.74 Å². The van der Waals surface area contributed by atoms with Crippen LogP contribution in [0.2, 0.25) is 0 Å². The Labute approximate surface area is 176 Å². The van der Waals surface area contributed by atoms with E-state index in [0.29, 0.717) is 28.0 Å². The van der Waals surface area contributed by atoms with Gasteiger partial charge in [0.2, 0.25) is 0 Å². The van der Waals surface area contributed by atoms with Crippen molar-refractivity contribution in [2.45, 2.75) is 46.3 Å². The highest BCUT2D eigenvalue weighted by atomic mass is 19.1. The lowest BCUT2D eigenvalue weighted by molar-refractivity contribution is 0.00972. The fraction of sp³-hybridized carbons (Fsp3) is 0.435. The van der Waals surface area contributed by atoms with Crippen LogP contribution in [0.4, 0.5) is 4.39 Å². The van der Waals surface area contributed by atoms with Gasteiger partial charge in [-0.2, -0.15) is 0 Å². The molecular weight excluding hydrogens is 387 g/mol. The molecule has 4 rings (SSSR count). The maximum Gasteiger partial charge on any atom is 0.170 e. The third-order valence-electron chi connectivity index (χ3n) is 5.08. The Balaban J connectivity index is 0.00000104. The number of benzene rings is 2. The summed E-state index contributed by atoms with van der Waals surface area (Å²) in [6.45, 7) is 4.20. The SMILES string of the molecule is C.CCC(Oc1ccc(-c2noc3cc(F)ccc23)c(O)c1)N1CCCCC1.CO. The largest absolute Gasteiger partial charge is 0.507 e. The van der Waals surface area contributed by atoms with Gasteiger partial charge in [0.1, 0.15) is 23.0 Å². The number of aliphatic hydroxyl groups excluding tert-OH is 1. The topological polar surface area (TPSA) is 79.0 Å². The highest BCUT2D eigenvalue weighted by molar-refractivity contribution is 5.93. The zero-order valence-corrected chi connectivity index (χ0v) is 16.8. The van der Waals surface area contributed by atoms with Gasteiger partial charge in [-0.25, -0.2) is 4.39 Å². The summed E-state index contributed by atoms with van der Waals surface area (Å²) in [5.74, 6) is 0.287. The third kappa shape index (κ3) is 5.09. The van der Waals surface area contributed by atoms with Gasteiger partial charge in [-0.15, -0.1) is 0 Å². The molecule has 1 unspecified atom stereocenters. The van der Waals surface area contributed by atoms with E-state index in [1.165, 1.54) is 31.4 Å². The molecule has 0 bridgehead atoms. The summed E-state index contributed by atoms with van der Waals surface area (Å²) in [5.41, 5.74) is 1.36. The molecule has 7 heteroatoms. The normalized spacial score (nSPS) is 15.1. The zero-order chi connectivity index (χ0) is 20.8. The third-order valence-corrected chi connectivity index (χ3v) is 5.08. The van der Waals surface area contributed by atoms with Crippen LogP contribution in [0.15, 0.2) is 40.9 Å². The standard InChI is InChI=1S/C21H23FN2O3.CH4O.CH4/c1-2-20(24-10-4-3-5-11-24)26-15-7-9-16(18(25)13-15)21-17-8-6-14(22)12-19(17)27-23-21;1-2;/h6-9,12-13,20,25H,2-5,10-11H2,1H3;2H,1H3;1H4. The van der Waals surface area contributed by atoms with Gasteiger partial charge in [0, 0.05) is 37.9 Å². The number of rotatable bonds is 5. The fourth-order valence-corrected chi connectivity index (χ4v) is 3.67. The lowest BCUT2D eigenvalue weighted by atomic mass is 10.1. The second kappa shape index (κ2) is 10.9. The molecule has 6 nitrogen and oxygen atoms in total. The van der Waals surface area contributed by atoms with Crippen LogP contribution in [0.1, 0.15) is 40.0 Å². The van der Waals surface area contributed by atoms with Crippen molar-refractivity contribution in [1.29, 1.82) is 0 Å². The van der Waals surface area contributed by atoms with Crippen LogP contribution in [0.3, 0.4) is 0 Å². The average Bonchev–Trinajstić information content (AvgIpc) is 3.17. The molecule has 0 saturated carbocycles. The molecule has 30 heavy (non-hydrogen) atoms. The van der Waals surface area contributed by atoms with E-state index in [9.17, 15) is 9.50 Å². The summed E-state index contributed by atoms with van der Waals surface area (Å²) < 4.78 is 24.7. The van der Waals surface area contributed by atoms with Gasteiger partial charge >= 0.3 is 0 Å². The first-order valence-electron chi connectivity index (χ1n) is 9.89. The number of nitrogens with zero attached hydrogens (tertiary/aromatic N) is 2. The lowest BCUT2D eigenvalue weighted by Crippen LogP contribution is -2.42. The Kier molecular flexibility index (Phi) is 8.62. The van der Waals surface area contributed by atoms with Crippen LogP contribution in [0.25, 0.3) is 22.2 Å². The van der Waals surface area contributed by atoms with E-state index >= 15 is 0 Å². The molecule has 1 saturated heterocycles. The predicted molar refractivity (Wildman–Crippen MR) is 116 cm³/mol. The summed E-state index contributed by atoms with van der Waals surface area (Å²) >= 11 is 0. The van der Waals surface area contributed by atoms with Crippen molar-refractivity contribution in [2.24, 2.45) is 0 Å². The minimum Gasteiger partial charge on any atom is -0.507 e. The number of hydrogen-bond acceptors (Lipinski definition) is 6. The molecule has 0 aliphatic carbocycles. The lowest BCUT2D eigenvalue weighted by Gasteiger charge is -2.34. The van der Waals surface area contributed by atoms with Crippen molar-refractivity contribution in [1.82, 2.24) is 10.1 Å². The summed E-state index contributed by atoms with van der Waals surface area (Å²) in [6, 6.07) is 9.42. The quantitative estimate of drug-likeness (QED) is 0.594. The van der Waals surface area contributed by atoms with Crippen molar-refractivity contribution >= 4 is 11.0 Å². The summed E-state index contributed by atoms with van der Waals surface area (Å²) in [5, 5.41) is 22.2. The zero-order valence-electron chi connectivity index (χ0n) is 16.8. The molecule has 0 radical (unpaired) electrons. The van der Waals surface area contributed by atoms with Crippen LogP contribution in [-0.2, 0) is 0 Å². The molecule has 1 aromatic heterocycles. The number of halogens is 1. The van der Waals surface area contributed by atoms with Gasteiger partial charge in [-0.1, -0.05) is 25.9 Å². The van der Waals surface area contributed by atoms with Gasteiger partial charge in [-0.3, -0.25) is 4.90 Å². The van der Waals surface area contributed by atoms with Gasteiger partial charge in [0.15, 0.2) is 11.8 Å². The average molecular weight is 419 g/mol. The maximum absolute atomic E-state index is 13.3. The molecule has 1 atom stereocenters. The van der Waals surface area contributed by atoms with Gasteiger partial charge in [-0.05, 0) is 43.5 Å². The second-order valence-electron chi connectivity index (χ2n) is 6.93. The minimum atomic E-state index is -0.388. The molecule has 164 valence electrons. The van der Waals surface area contributed by atoms with Crippen LogP contribution in [0.5, 0.6) is 11.5 Å². The summed E-state index contributed by atoms with van der Waals surface area (Å²) in [7, 11) is 1.00. The van der Waals surface area contributed by atoms with E-state index < -0.39 is 0 Å². The van der Waals surface area contributed by atoms with Crippen molar-refractivity contribution in [3.63, 3.8) is 0 Å².